The van der Waals surface area contributed by atoms with Crippen molar-refractivity contribution in [1.29, 1.82) is 5.26 Å². The number of carbonyl (C=O) groups is 1. The summed E-state index contributed by atoms with van der Waals surface area (Å²) in [5, 5.41) is 14.8. The number of anilines is 1. The van der Waals surface area contributed by atoms with Gasteiger partial charge in [0.2, 0.25) is 5.91 Å². The Morgan fingerprint density at radius 1 is 1.27 bits per heavy atom. The first kappa shape index (κ1) is 19.7. The minimum absolute atomic E-state index is 0.141. The third kappa shape index (κ3) is 4.33. The lowest BCUT2D eigenvalue weighted by Gasteiger charge is -2.17. The molecule has 0 aliphatic rings. The van der Waals surface area contributed by atoms with Gasteiger partial charge >= 0.3 is 0 Å². The van der Waals surface area contributed by atoms with Crippen LogP contribution in [0.2, 0.25) is 0 Å². The molecule has 0 aliphatic carbocycles. The van der Waals surface area contributed by atoms with Crippen LogP contribution in [0.1, 0.15) is 48.6 Å². The zero-order valence-corrected chi connectivity index (χ0v) is 16.9. The number of hydrogen-bond donors (Lipinski definition) is 1. The van der Waals surface area contributed by atoms with Crippen LogP contribution >= 0.6 is 11.3 Å². The number of benzene rings is 1. The van der Waals surface area contributed by atoms with E-state index in [0.29, 0.717) is 10.6 Å². The Kier molecular flexibility index (Phi) is 5.89. The predicted molar refractivity (Wildman–Crippen MR) is 108 cm³/mol. The van der Waals surface area contributed by atoms with E-state index in [4.69, 9.17) is 4.74 Å². The quantitative estimate of drug-likeness (QED) is 0.755. The van der Waals surface area contributed by atoms with Gasteiger partial charge in [0.25, 0.3) is 0 Å². The summed E-state index contributed by atoms with van der Waals surface area (Å²) in [6.45, 7) is 10.1. The number of rotatable bonds is 4. The SMILES string of the molecule is COc1cc(C)c(/C=C/C(=O)Nc2scc(C(C)(C)C)c2C#N)c(C)c1. The van der Waals surface area contributed by atoms with Gasteiger partial charge in [0.05, 0.1) is 12.7 Å². The molecule has 1 aromatic carbocycles. The molecule has 0 bridgehead atoms. The number of nitrogens with zero attached hydrogens (tertiary/aromatic N) is 1. The lowest BCUT2D eigenvalue weighted by atomic mass is 9.86. The van der Waals surface area contributed by atoms with Crippen LogP contribution in [0.15, 0.2) is 23.6 Å². The number of aryl methyl sites for hydroxylation is 2. The summed E-state index contributed by atoms with van der Waals surface area (Å²) in [6.07, 6.45) is 3.29. The van der Waals surface area contributed by atoms with Crippen LogP contribution in [0.5, 0.6) is 5.75 Å². The van der Waals surface area contributed by atoms with Crippen LogP contribution in [-0.2, 0) is 10.2 Å². The minimum atomic E-state index is -0.251. The van der Waals surface area contributed by atoms with E-state index in [9.17, 15) is 10.1 Å². The molecular formula is C21H24N2O2S. The first-order valence-corrected chi connectivity index (χ1v) is 9.21. The summed E-state index contributed by atoms with van der Waals surface area (Å²) in [4.78, 5) is 12.3. The Morgan fingerprint density at radius 2 is 1.88 bits per heavy atom. The second kappa shape index (κ2) is 7.76. The zero-order valence-electron chi connectivity index (χ0n) is 16.1. The topological polar surface area (TPSA) is 62.1 Å². The largest absolute Gasteiger partial charge is 0.497 e. The monoisotopic (exact) mass is 368 g/mol. The lowest BCUT2D eigenvalue weighted by molar-refractivity contribution is -0.111. The van der Waals surface area contributed by atoms with Gasteiger partial charge in [-0.25, -0.2) is 0 Å². The van der Waals surface area contributed by atoms with Gasteiger partial charge in [0.1, 0.15) is 16.8 Å². The average Bonchev–Trinajstić information content (AvgIpc) is 2.96. The van der Waals surface area contributed by atoms with Crippen molar-refractivity contribution < 1.29 is 9.53 Å². The molecule has 136 valence electrons. The van der Waals surface area contributed by atoms with Gasteiger partial charge in [-0.15, -0.1) is 11.3 Å². The maximum atomic E-state index is 12.3. The molecule has 1 N–H and O–H groups in total. The lowest BCUT2D eigenvalue weighted by Crippen LogP contribution is -2.13. The Balaban J connectivity index is 2.22. The number of thiophene rings is 1. The second-order valence-electron chi connectivity index (χ2n) is 7.21. The molecule has 4 nitrogen and oxygen atoms in total. The number of amides is 1. The Morgan fingerprint density at radius 3 is 2.38 bits per heavy atom. The number of nitriles is 1. The number of ether oxygens (including phenoxy) is 1. The van der Waals surface area contributed by atoms with Gasteiger partial charge in [-0.05, 0) is 65.1 Å². The van der Waals surface area contributed by atoms with E-state index in [0.717, 1.165) is 28.0 Å². The molecule has 1 aromatic heterocycles. The first-order valence-electron chi connectivity index (χ1n) is 8.33. The van der Waals surface area contributed by atoms with Gasteiger partial charge in [-0.1, -0.05) is 20.8 Å². The molecule has 0 radical (unpaired) electrons. The van der Waals surface area contributed by atoms with Crippen molar-refractivity contribution in [2.24, 2.45) is 0 Å². The van der Waals surface area contributed by atoms with Crippen molar-refractivity contribution in [3.8, 4) is 11.8 Å². The predicted octanol–water partition coefficient (Wildman–Crippen LogP) is 5.19. The third-order valence-electron chi connectivity index (χ3n) is 4.15. The van der Waals surface area contributed by atoms with Gasteiger partial charge in [0.15, 0.2) is 0 Å². The minimum Gasteiger partial charge on any atom is -0.497 e. The standard InChI is InChI=1S/C21H24N2O2S/c1-13-9-15(25-6)10-14(2)16(13)7-8-19(24)23-20-17(11-22)18(12-26-20)21(3,4)5/h7-10,12H,1-6H3,(H,23,24)/b8-7+. The van der Waals surface area contributed by atoms with Crippen LogP contribution in [0, 0.1) is 25.2 Å². The molecule has 0 atom stereocenters. The van der Waals surface area contributed by atoms with E-state index in [1.165, 1.54) is 17.4 Å². The fourth-order valence-corrected chi connectivity index (χ4v) is 3.88. The summed E-state index contributed by atoms with van der Waals surface area (Å²) in [5.74, 6) is 0.548. The van der Waals surface area contributed by atoms with E-state index >= 15 is 0 Å². The van der Waals surface area contributed by atoms with Gasteiger partial charge in [-0.2, -0.15) is 5.26 Å². The fourth-order valence-electron chi connectivity index (χ4n) is 2.74. The molecule has 0 fully saturated rings. The van der Waals surface area contributed by atoms with Crippen LogP contribution in [0.4, 0.5) is 5.00 Å². The van der Waals surface area contributed by atoms with Crippen molar-refractivity contribution in [3.05, 3.63) is 51.4 Å². The molecule has 0 spiro atoms. The van der Waals surface area contributed by atoms with Crippen LogP contribution < -0.4 is 10.1 Å². The smallest absolute Gasteiger partial charge is 0.249 e. The molecule has 26 heavy (non-hydrogen) atoms. The van der Waals surface area contributed by atoms with Crippen molar-refractivity contribution in [2.75, 3.05) is 12.4 Å². The number of hydrogen-bond acceptors (Lipinski definition) is 4. The van der Waals surface area contributed by atoms with E-state index in [2.05, 4.69) is 32.2 Å². The van der Waals surface area contributed by atoms with Crippen molar-refractivity contribution in [2.45, 2.75) is 40.0 Å². The number of methoxy groups -OCH3 is 1. The van der Waals surface area contributed by atoms with Crippen LogP contribution in [0.3, 0.4) is 0 Å². The summed E-state index contributed by atoms with van der Waals surface area (Å²) in [7, 11) is 1.64. The molecule has 5 heteroatoms. The summed E-state index contributed by atoms with van der Waals surface area (Å²) < 4.78 is 5.26. The molecule has 0 aliphatic heterocycles. The maximum absolute atomic E-state index is 12.3. The first-order chi connectivity index (χ1) is 12.2. The van der Waals surface area contributed by atoms with E-state index < -0.39 is 0 Å². The molecule has 0 saturated carbocycles. The highest BCUT2D eigenvalue weighted by Crippen LogP contribution is 2.35. The van der Waals surface area contributed by atoms with E-state index in [1.807, 2.05) is 31.4 Å². The summed E-state index contributed by atoms with van der Waals surface area (Å²) in [6, 6.07) is 6.09. The summed E-state index contributed by atoms with van der Waals surface area (Å²) in [5.41, 5.74) is 4.41. The van der Waals surface area contributed by atoms with Crippen molar-refractivity contribution in [3.63, 3.8) is 0 Å². The van der Waals surface area contributed by atoms with E-state index in [1.54, 1.807) is 13.2 Å². The molecule has 0 unspecified atom stereocenters. The highest BCUT2D eigenvalue weighted by molar-refractivity contribution is 7.14. The molecule has 0 saturated heterocycles. The third-order valence-corrected chi connectivity index (χ3v) is 5.05. The maximum Gasteiger partial charge on any atom is 0.249 e. The zero-order chi connectivity index (χ0) is 19.5. The molecule has 2 aromatic rings. The highest BCUT2D eigenvalue weighted by Gasteiger charge is 2.22. The molecule has 1 amide bonds. The molecule has 2 rings (SSSR count). The Bertz CT molecular complexity index is 873. The highest BCUT2D eigenvalue weighted by atomic mass is 32.1. The normalized spacial score (nSPS) is 11.4. The number of carbonyl (C=O) groups excluding carboxylic acids is 1. The fraction of sp³-hybridized carbons (Fsp3) is 0.333. The Labute approximate surface area is 159 Å². The van der Waals surface area contributed by atoms with Crippen LogP contribution in [-0.4, -0.2) is 13.0 Å². The average molecular weight is 369 g/mol. The second-order valence-corrected chi connectivity index (χ2v) is 8.09. The van der Waals surface area contributed by atoms with Crippen LogP contribution in [0.25, 0.3) is 6.08 Å². The molecule has 1 heterocycles. The van der Waals surface area contributed by atoms with Crippen molar-refractivity contribution >= 4 is 28.3 Å². The molecular weight excluding hydrogens is 344 g/mol. The summed E-state index contributed by atoms with van der Waals surface area (Å²) >= 11 is 1.38. The van der Waals surface area contributed by atoms with Crippen molar-refractivity contribution in [1.82, 2.24) is 0 Å². The van der Waals surface area contributed by atoms with E-state index in [-0.39, 0.29) is 11.3 Å². The Hall–Kier alpha value is -2.58. The van der Waals surface area contributed by atoms with Gasteiger partial charge in [-0.3, -0.25) is 4.79 Å². The van der Waals surface area contributed by atoms with Gasteiger partial charge in [0, 0.05) is 6.08 Å². The number of nitrogens with one attached hydrogen (secondary N) is 1. The van der Waals surface area contributed by atoms with Gasteiger partial charge < -0.3 is 10.1 Å².